The third-order valence-corrected chi connectivity index (χ3v) is 3.50. The maximum atomic E-state index is 12.8. The summed E-state index contributed by atoms with van der Waals surface area (Å²) in [5.41, 5.74) is 8.33. The van der Waals surface area contributed by atoms with Gasteiger partial charge in [0.15, 0.2) is 0 Å². The largest absolute Gasteiger partial charge is 0.374 e. The Morgan fingerprint density at radius 2 is 2.27 bits per heavy atom. The van der Waals surface area contributed by atoms with E-state index in [2.05, 4.69) is 20.5 Å². The number of nitrogens with one attached hydrogen (secondary N) is 2. The summed E-state index contributed by atoms with van der Waals surface area (Å²) in [6.07, 6.45) is 1.63. The van der Waals surface area contributed by atoms with Crippen LogP contribution in [0.3, 0.4) is 0 Å². The van der Waals surface area contributed by atoms with Crippen molar-refractivity contribution in [3.63, 3.8) is 0 Å². The van der Waals surface area contributed by atoms with Crippen LogP contribution in [0.4, 0.5) is 5.82 Å². The zero-order valence-electron chi connectivity index (χ0n) is 13.3. The van der Waals surface area contributed by atoms with Crippen LogP contribution in [-0.4, -0.2) is 34.2 Å². The minimum Gasteiger partial charge on any atom is -0.374 e. The molecule has 0 radical (unpaired) electrons. The molecule has 118 valence electrons. The molecule has 0 aliphatic rings. The van der Waals surface area contributed by atoms with E-state index in [1.807, 2.05) is 26.8 Å². The van der Waals surface area contributed by atoms with Gasteiger partial charge in [0, 0.05) is 30.6 Å². The number of nitrogens with zero attached hydrogens (tertiary/aromatic N) is 3. The summed E-state index contributed by atoms with van der Waals surface area (Å²) >= 11 is 0. The molecule has 0 aliphatic heterocycles. The maximum Gasteiger partial charge on any atom is 0.261 e. The molecule has 7 heteroatoms. The van der Waals surface area contributed by atoms with Crippen molar-refractivity contribution in [1.29, 1.82) is 0 Å². The molecule has 2 heterocycles. The van der Waals surface area contributed by atoms with Crippen molar-refractivity contribution in [2.45, 2.75) is 26.8 Å². The van der Waals surface area contributed by atoms with E-state index in [1.165, 1.54) is 0 Å². The molecule has 4 N–H and O–H groups in total. The highest BCUT2D eigenvalue weighted by atomic mass is 16.1. The van der Waals surface area contributed by atoms with Gasteiger partial charge in [-0.3, -0.25) is 19.5 Å². The molecule has 0 bridgehead atoms. The number of hydrogen-bond donors (Lipinski definition) is 3. The molecule has 0 aliphatic carbocycles. The quantitative estimate of drug-likeness (QED) is 0.730. The van der Waals surface area contributed by atoms with Gasteiger partial charge < -0.3 is 11.1 Å². The van der Waals surface area contributed by atoms with Crippen LogP contribution in [0.5, 0.6) is 0 Å². The second-order valence-electron chi connectivity index (χ2n) is 5.24. The van der Waals surface area contributed by atoms with Crippen molar-refractivity contribution in [3.8, 4) is 11.3 Å². The summed E-state index contributed by atoms with van der Waals surface area (Å²) in [6, 6.07) is 3.61. The van der Waals surface area contributed by atoms with Crippen LogP contribution in [0.15, 0.2) is 28.1 Å². The maximum absolute atomic E-state index is 12.8. The molecule has 0 aromatic carbocycles. The summed E-state index contributed by atoms with van der Waals surface area (Å²) < 4.78 is 1.72. The molecule has 0 saturated carbocycles. The van der Waals surface area contributed by atoms with E-state index in [-0.39, 0.29) is 18.3 Å². The highest BCUT2D eigenvalue weighted by Crippen LogP contribution is 2.23. The molecule has 22 heavy (non-hydrogen) atoms. The van der Waals surface area contributed by atoms with Crippen LogP contribution >= 0.6 is 0 Å². The van der Waals surface area contributed by atoms with Gasteiger partial charge in [0.1, 0.15) is 5.82 Å². The summed E-state index contributed by atoms with van der Waals surface area (Å²) in [5.74, 6) is 0.734. The summed E-state index contributed by atoms with van der Waals surface area (Å²) in [6.45, 7) is 6.03. The van der Waals surface area contributed by atoms with Crippen LogP contribution in [0.1, 0.15) is 32.4 Å². The standard InChI is InChI=1S/C15H22N6O/c1-9(2)21-14(17-4)11(10(3)18-8-16)7-12(15(21)22)13-5-6-19-20-13/h5-7,9,17H,8,16H2,1-4H3,(H,19,20). The molecule has 0 saturated heterocycles. The van der Waals surface area contributed by atoms with E-state index in [9.17, 15) is 4.79 Å². The van der Waals surface area contributed by atoms with Crippen molar-refractivity contribution in [1.82, 2.24) is 14.8 Å². The van der Waals surface area contributed by atoms with Crippen LogP contribution in [0.2, 0.25) is 0 Å². The SMILES string of the molecule is CNc1c(C(C)=NCN)cc(-c2ccn[nH]2)c(=O)n1C(C)C. The number of aromatic amines is 1. The van der Waals surface area contributed by atoms with E-state index in [4.69, 9.17) is 5.73 Å². The predicted molar refractivity (Wildman–Crippen MR) is 89.5 cm³/mol. The molecule has 0 spiro atoms. The fourth-order valence-corrected chi connectivity index (χ4v) is 2.48. The van der Waals surface area contributed by atoms with E-state index in [0.29, 0.717) is 11.3 Å². The van der Waals surface area contributed by atoms with Gasteiger partial charge in [-0.05, 0) is 32.9 Å². The average Bonchev–Trinajstić information content (AvgIpc) is 3.00. The first kappa shape index (κ1) is 16.0. The molecule has 0 unspecified atom stereocenters. The minimum atomic E-state index is -0.0760. The van der Waals surface area contributed by atoms with Gasteiger partial charge in [-0.15, -0.1) is 0 Å². The van der Waals surface area contributed by atoms with Gasteiger partial charge in [0.25, 0.3) is 5.56 Å². The molecular weight excluding hydrogens is 280 g/mol. The van der Waals surface area contributed by atoms with Crippen molar-refractivity contribution in [3.05, 3.63) is 34.2 Å². The number of H-pyrrole nitrogens is 1. The number of nitrogens with two attached hydrogens (primary N) is 1. The Kier molecular flexibility index (Phi) is 4.77. The molecule has 2 aromatic rings. The Morgan fingerprint density at radius 3 is 2.77 bits per heavy atom. The Labute approximate surface area is 129 Å². The monoisotopic (exact) mass is 302 g/mol. The van der Waals surface area contributed by atoms with Gasteiger partial charge in [0.05, 0.1) is 17.9 Å². The van der Waals surface area contributed by atoms with Crippen LogP contribution < -0.4 is 16.6 Å². The molecular formula is C15H22N6O. The first-order chi connectivity index (χ1) is 10.5. The van der Waals surface area contributed by atoms with Crippen molar-refractivity contribution >= 4 is 11.5 Å². The third kappa shape index (κ3) is 2.80. The van der Waals surface area contributed by atoms with Crippen molar-refractivity contribution in [2.75, 3.05) is 19.0 Å². The number of pyridine rings is 1. The smallest absolute Gasteiger partial charge is 0.261 e. The van der Waals surface area contributed by atoms with Crippen LogP contribution in [0.25, 0.3) is 11.3 Å². The predicted octanol–water partition coefficient (Wildman–Crippen LogP) is 1.59. The summed E-state index contributed by atoms with van der Waals surface area (Å²) in [4.78, 5) is 17.1. The van der Waals surface area contributed by atoms with E-state index >= 15 is 0 Å². The number of rotatable bonds is 5. The zero-order valence-corrected chi connectivity index (χ0v) is 13.3. The minimum absolute atomic E-state index is 0.00208. The van der Waals surface area contributed by atoms with Crippen molar-refractivity contribution in [2.24, 2.45) is 10.7 Å². The number of aromatic nitrogens is 3. The molecule has 7 nitrogen and oxygen atoms in total. The van der Waals surface area contributed by atoms with Crippen LogP contribution in [0, 0.1) is 0 Å². The zero-order chi connectivity index (χ0) is 16.3. The van der Waals surface area contributed by atoms with Gasteiger partial charge in [-0.25, -0.2) is 0 Å². The summed E-state index contributed by atoms with van der Waals surface area (Å²) in [7, 11) is 1.79. The van der Waals surface area contributed by atoms with E-state index in [0.717, 1.165) is 17.1 Å². The number of aliphatic imine (C=N–C) groups is 1. The highest BCUT2D eigenvalue weighted by Gasteiger charge is 2.19. The number of anilines is 1. The molecule has 2 rings (SSSR count). The summed E-state index contributed by atoms with van der Waals surface area (Å²) in [5, 5.41) is 9.89. The Morgan fingerprint density at radius 1 is 1.55 bits per heavy atom. The van der Waals surface area contributed by atoms with Gasteiger partial charge in [-0.1, -0.05) is 0 Å². The molecule has 2 aromatic heterocycles. The lowest BCUT2D eigenvalue weighted by molar-refractivity contribution is 0.586. The first-order valence-electron chi connectivity index (χ1n) is 7.19. The van der Waals surface area contributed by atoms with Gasteiger partial charge in [-0.2, -0.15) is 5.10 Å². The lowest BCUT2D eigenvalue weighted by atomic mass is 10.1. The normalized spacial score (nSPS) is 12.0. The van der Waals surface area contributed by atoms with Gasteiger partial charge >= 0.3 is 0 Å². The van der Waals surface area contributed by atoms with Crippen molar-refractivity contribution < 1.29 is 0 Å². The Bertz CT molecular complexity index is 727. The highest BCUT2D eigenvalue weighted by molar-refractivity contribution is 6.03. The van der Waals surface area contributed by atoms with Crippen LogP contribution in [-0.2, 0) is 0 Å². The third-order valence-electron chi connectivity index (χ3n) is 3.50. The molecule has 0 atom stereocenters. The lowest BCUT2D eigenvalue weighted by Crippen LogP contribution is -2.28. The number of hydrogen-bond acceptors (Lipinski definition) is 5. The topological polar surface area (TPSA) is 101 Å². The van der Waals surface area contributed by atoms with Gasteiger partial charge in [0.2, 0.25) is 0 Å². The fraction of sp³-hybridized carbons (Fsp3) is 0.400. The second-order valence-corrected chi connectivity index (χ2v) is 5.24. The second kappa shape index (κ2) is 6.57. The average molecular weight is 302 g/mol. The fourth-order valence-electron chi connectivity index (χ4n) is 2.48. The Hall–Kier alpha value is -2.41. The lowest BCUT2D eigenvalue weighted by Gasteiger charge is -2.21. The molecule has 0 fully saturated rings. The molecule has 0 amide bonds. The first-order valence-corrected chi connectivity index (χ1v) is 7.19. The van der Waals surface area contributed by atoms with E-state index in [1.54, 1.807) is 23.9 Å². The Balaban J connectivity index is 2.83. The van der Waals surface area contributed by atoms with E-state index < -0.39 is 0 Å².